The van der Waals surface area contributed by atoms with Gasteiger partial charge in [0.1, 0.15) is 6.04 Å². The number of nitrogens with two attached hydrogens (primary N) is 1. The van der Waals surface area contributed by atoms with Gasteiger partial charge in [-0.25, -0.2) is 18.8 Å². The number of carbonyl (C=O) groups is 3. The van der Waals surface area contributed by atoms with Crippen molar-refractivity contribution in [3.05, 3.63) is 11.6 Å². The molecule has 2 rings (SSSR count). The molecular weight excluding hydrogens is 333 g/mol. The number of ether oxygens (including phenoxy) is 1. The molecule has 3 amide bonds. The Kier molecular flexibility index (Phi) is 6.35. The minimum absolute atomic E-state index is 0.106. The Labute approximate surface area is 145 Å². The average molecular weight is 357 g/mol. The zero-order chi connectivity index (χ0) is 18.6. The number of fused-ring (bicyclic) bond motifs is 2. The first-order chi connectivity index (χ1) is 11.9. The van der Waals surface area contributed by atoms with E-state index in [1.807, 2.05) is 0 Å². The number of hydroxylamine groups is 2. The Hall–Kier alpha value is -2.16. The van der Waals surface area contributed by atoms with Crippen molar-refractivity contribution in [1.29, 1.82) is 0 Å². The maximum Gasteiger partial charge on any atom is 0.371 e. The fraction of sp³-hybridized carbons (Fsp3) is 0.688. The van der Waals surface area contributed by atoms with Crippen molar-refractivity contribution in [2.24, 2.45) is 5.73 Å². The van der Waals surface area contributed by atoms with Crippen molar-refractivity contribution in [2.75, 3.05) is 13.2 Å². The van der Waals surface area contributed by atoms with Crippen molar-refractivity contribution in [3.63, 3.8) is 0 Å². The molecule has 2 aliphatic heterocycles. The molecule has 2 bridgehead atoms. The summed E-state index contributed by atoms with van der Waals surface area (Å²) < 4.78 is 18.8. The average Bonchev–Trinajstić information content (AvgIpc) is 2.79. The summed E-state index contributed by atoms with van der Waals surface area (Å²) in [6.07, 6.45) is 2.79. The number of unbranched alkanes of at least 4 members (excludes halogenated alkanes) is 3. The van der Waals surface area contributed by atoms with Gasteiger partial charge in [0.15, 0.2) is 0 Å². The van der Waals surface area contributed by atoms with Gasteiger partial charge in [-0.05, 0) is 18.9 Å². The topological polar surface area (TPSA) is 102 Å². The molecule has 2 aliphatic rings. The Balaban J connectivity index is 1.89. The minimum atomic E-state index is -2.41. The van der Waals surface area contributed by atoms with E-state index in [9.17, 15) is 18.8 Å². The molecular formula is C16H24FN3O5. The Bertz CT molecular complexity index is 568. The Morgan fingerprint density at radius 1 is 1.40 bits per heavy atom. The van der Waals surface area contributed by atoms with E-state index in [1.54, 1.807) is 13.0 Å². The third-order valence-electron chi connectivity index (χ3n) is 4.22. The SMILES string of the molecule is CCCCCCOC(=O)[C@@H](F)ON1C(=O)N2C[C@H]1C=C(C)[C@H]2C(N)=O. The molecule has 0 aliphatic carbocycles. The minimum Gasteiger partial charge on any atom is -0.462 e. The zero-order valence-corrected chi connectivity index (χ0v) is 14.4. The summed E-state index contributed by atoms with van der Waals surface area (Å²) in [5, 5.41) is 0.759. The van der Waals surface area contributed by atoms with Crippen LogP contribution in [0.2, 0.25) is 0 Å². The Morgan fingerprint density at radius 2 is 2.12 bits per heavy atom. The van der Waals surface area contributed by atoms with Crippen LogP contribution in [-0.4, -0.2) is 59.5 Å². The summed E-state index contributed by atoms with van der Waals surface area (Å²) in [4.78, 5) is 41.5. The number of nitrogens with zero attached hydrogens (tertiary/aromatic N) is 2. The fourth-order valence-electron chi connectivity index (χ4n) is 3.01. The van der Waals surface area contributed by atoms with Gasteiger partial charge in [0.05, 0.1) is 19.2 Å². The molecule has 0 aromatic heterocycles. The van der Waals surface area contributed by atoms with Gasteiger partial charge in [0.25, 0.3) is 0 Å². The quantitative estimate of drug-likeness (QED) is 0.380. The predicted octanol–water partition coefficient (Wildman–Crippen LogP) is 1.26. The van der Waals surface area contributed by atoms with Gasteiger partial charge in [-0.15, -0.1) is 0 Å². The van der Waals surface area contributed by atoms with Gasteiger partial charge in [-0.2, -0.15) is 5.06 Å². The highest BCUT2D eigenvalue weighted by molar-refractivity contribution is 5.90. The molecule has 0 spiro atoms. The predicted molar refractivity (Wildman–Crippen MR) is 85.6 cm³/mol. The molecule has 2 N–H and O–H groups in total. The molecule has 0 unspecified atom stereocenters. The molecule has 0 aromatic rings. The van der Waals surface area contributed by atoms with Crippen LogP contribution in [0.1, 0.15) is 39.5 Å². The summed E-state index contributed by atoms with van der Waals surface area (Å²) >= 11 is 0. The van der Waals surface area contributed by atoms with Crippen LogP contribution in [0.3, 0.4) is 0 Å². The second-order valence-electron chi connectivity index (χ2n) is 6.19. The van der Waals surface area contributed by atoms with Crippen molar-refractivity contribution >= 4 is 17.9 Å². The van der Waals surface area contributed by atoms with Gasteiger partial charge in [0, 0.05) is 0 Å². The highest BCUT2D eigenvalue weighted by Gasteiger charge is 2.48. The van der Waals surface area contributed by atoms with Crippen LogP contribution in [0.5, 0.6) is 0 Å². The molecule has 140 valence electrons. The molecule has 9 heteroatoms. The lowest BCUT2D eigenvalue weighted by atomic mass is 10.0. The maximum absolute atomic E-state index is 14.0. The number of primary amides is 1. The number of esters is 1. The summed E-state index contributed by atoms with van der Waals surface area (Å²) in [6, 6.07) is -2.18. The number of halogens is 1. The summed E-state index contributed by atoms with van der Waals surface area (Å²) in [5.41, 5.74) is 5.89. The lowest BCUT2D eigenvalue weighted by Gasteiger charge is -2.27. The molecule has 8 nitrogen and oxygen atoms in total. The highest BCUT2D eigenvalue weighted by atomic mass is 19.1. The maximum atomic E-state index is 14.0. The monoisotopic (exact) mass is 357 g/mol. The van der Waals surface area contributed by atoms with E-state index in [1.165, 1.54) is 4.90 Å². The van der Waals surface area contributed by atoms with E-state index in [0.717, 1.165) is 24.3 Å². The molecule has 25 heavy (non-hydrogen) atoms. The molecule has 3 atom stereocenters. The summed E-state index contributed by atoms with van der Waals surface area (Å²) in [6.45, 7) is 3.95. The number of carbonyl (C=O) groups excluding carboxylic acids is 3. The van der Waals surface area contributed by atoms with Crippen LogP contribution < -0.4 is 5.73 Å². The van der Waals surface area contributed by atoms with Gasteiger partial charge < -0.3 is 15.4 Å². The van der Waals surface area contributed by atoms with E-state index in [0.29, 0.717) is 12.0 Å². The van der Waals surface area contributed by atoms with Crippen LogP contribution >= 0.6 is 0 Å². The first-order valence-corrected chi connectivity index (χ1v) is 8.41. The van der Waals surface area contributed by atoms with Gasteiger partial charge >= 0.3 is 18.4 Å². The van der Waals surface area contributed by atoms with Crippen molar-refractivity contribution in [1.82, 2.24) is 9.96 Å². The van der Waals surface area contributed by atoms with E-state index in [-0.39, 0.29) is 13.2 Å². The van der Waals surface area contributed by atoms with Gasteiger partial charge in [0.2, 0.25) is 5.91 Å². The number of hydrogen-bond acceptors (Lipinski definition) is 5. The molecule has 1 saturated heterocycles. The lowest BCUT2D eigenvalue weighted by Crippen LogP contribution is -2.48. The largest absolute Gasteiger partial charge is 0.462 e. The van der Waals surface area contributed by atoms with Crippen LogP contribution in [0.4, 0.5) is 9.18 Å². The van der Waals surface area contributed by atoms with Crippen LogP contribution in [0.25, 0.3) is 0 Å². The number of hydrogen-bond donors (Lipinski definition) is 1. The molecule has 2 heterocycles. The first kappa shape index (κ1) is 19.2. The van der Waals surface area contributed by atoms with Crippen molar-refractivity contribution in [2.45, 2.75) is 58.0 Å². The molecule has 0 saturated carbocycles. The zero-order valence-electron chi connectivity index (χ0n) is 14.4. The third-order valence-corrected chi connectivity index (χ3v) is 4.22. The number of amides is 3. The van der Waals surface area contributed by atoms with Crippen LogP contribution in [0, 0.1) is 0 Å². The van der Waals surface area contributed by atoms with E-state index in [4.69, 9.17) is 15.3 Å². The Morgan fingerprint density at radius 3 is 2.76 bits per heavy atom. The number of urea groups is 1. The third kappa shape index (κ3) is 4.28. The first-order valence-electron chi connectivity index (χ1n) is 8.41. The van der Waals surface area contributed by atoms with Crippen LogP contribution in [-0.2, 0) is 19.2 Å². The van der Waals surface area contributed by atoms with E-state index in [2.05, 4.69) is 6.92 Å². The van der Waals surface area contributed by atoms with Crippen molar-refractivity contribution in [3.8, 4) is 0 Å². The second kappa shape index (κ2) is 8.28. The second-order valence-corrected chi connectivity index (χ2v) is 6.19. The summed E-state index contributed by atoms with van der Waals surface area (Å²) in [5.74, 6) is -1.85. The molecule has 0 radical (unpaired) electrons. The van der Waals surface area contributed by atoms with Crippen LogP contribution in [0.15, 0.2) is 11.6 Å². The molecule has 0 aromatic carbocycles. The smallest absolute Gasteiger partial charge is 0.371 e. The lowest BCUT2D eigenvalue weighted by molar-refractivity contribution is -0.223. The number of rotatable bonds is 9. The van der Waals surface area contributed by atoms with E-state index < -0.39 is 36.3 Å². The van der Waals surface area contributed by atoms with Gasteiger partial charge in [-0.3, -0.25) is 4.79 Å². The normalized spacial score (nSPS) is 23.5. The standard InChI is InChI=1S/C16H24FN3O5/c1-3-4-5-6-7-24-15(22)13(17)25-20-11-8-10(2)12(14(18)21)19(9-11)16(20)23/h8,11-13H,3-7,9H2,1-2H3,(H2,18,21)/t11-,12+,13+/m1/s1. The number of alkyl halides is 1. The van der Waals surface area contributed by atoms with E-state index >= 15 is 0 Å². The highest BCUT2D eigenvalue weighted by Crippen LogP contribution is 2.30. The van der Waals surface area contributed by atoms with Gasteiger partial charge in [-0.1, -0.05) is 32.3 Å². The molecule has 1 fully saturated rings. The fourth-order valence-corrected chi connectivity index (χ4v) is 3.01. The summed E-state index contributed by atoms with van der Waals surface area (Å²) in [7, 11) is 0. The van der Waals surface area contributed by atoms with Crippen molar-refractivity contribution < 1.29 is 28.3 Å².